The van der Waals surface area contributed by atoms with Crippen molar-refractivity contribution >= 4 is 5.91 Å². The van der Waals surface area contributed by atoms with Gasteiger partial charge in [0.1, 0.15) is 5.82 Å². The van der Waals surface area contributed by atoms with E-state index in [-0.39, 0.29) is 11.3 Å². The van der Waals surface area contributed by atoms with E-state index < -0.39 is 5.82 Å². The van der Waals surface area contributed by atoms with Gasteiger partial charge >= 0.3 is 0 Å². The summed E-state index contributed by atoms with van der Waals surface area (Å²) in [6, 6.07) is 12.1. The Morgan fingerprint density at radius 2 is 1.96 bits per heavy atom. The molecule has 0 unspecified atom stereocenters. The topological polar surface area (TPSA) is 36.4 Å². The maximum absolute atomic E-state index is 13.4. The number of nitrogens with zero attached hydrogens (tertiary/aromatic N) is 3. The highest BCUT2D eigenvalue weighted by Gasteiger charge is 2.42. The SMILES string of the molecule is CCN1C[C@H](c2ccccc2)CC2(CCN(C(=O)c3cncc(F)c3)CC2)C1. The number of likely N-dealkylation sites (tertiary alicyclic amines) is 2. The van der Waals surface area contributed by atoms with Crippen LogP contribution in [0.1, 0.15) is 48.0 Å². The second-order valence-electron chi connectivity index (χ2n) is 8.32. The van der Waals surface area contributed by atoms with Gasteiger partial charge in [-0.25, -0.2) is 4.39 Å². The summed E-state index contributed by atoms with van der Waals surface area (Å²) >= 11 is 0. The first-order valence-electron chi connectivity index (χ1n) is 10.3. The Kier molecular flexibility index (Phi) is 5.44. The summed E-state index contributed by atoms with van der Waals surface area (Å²) < 4.78 is 13.4. The van der Waals surface area contributed by atoms with Crippen LogP contribution in [0.3, 0.4) is 0 Å². The Morgan fingerprint density at radius 3 is 2.64 bits per heavy atom. The molecule has 0 aliphatic carbocycles. The minimum atomic E-state index is -0.462. The predicted molar refractivity (Wildman–Crippen MR) is 108 cm³/mol. The first kappa shape index (κ1) is 19.1. The van der Waals surface area contributed by atoms with Crippen LogP contribution in [-0.4, -0.2) is 53.4 Å². The van der Waals surface area contributed by atoms with E-state index >= 15 is 0 Å². The molecule has 1 spiro atoms. The summed E-state index contributed by atoms with van der Waals surface area (Å²) in [5.74, 6) is -0.0231. The minimum Gasteiger partial charge on any atom is -0.339 e. The van der Waals surface area contributed by atoms with Gasteiger partial charge in [-0.15, -0.1) is 0 Å². The predicted octanol–water partition coefficient (Wildman–Crippen LogP) is 3.95. The number of benzene rings is 1. The molecular weight excluding hydrogens is 353 g/mol. The summed E-state index contributed by atoms with van der Waals surface area (Å²) in [6.07, 6.45) is 5.77. The summed E-state index contributed by atoms with van der Waals surface area (Å²) in [5.41, 5.74) is 2.02. The van der Waals surface area contributed by atoms with Crippen molar-refractivity contribution in [3.63, 3.8) is 0 Å². The summed E-state index contributed by atoms with van der Waals surface area (Å²) in [6.45, 7) is 6.97. The zero-order valence-corrected chi connectivity index (χ0v) is 16.5. The fourth-order valence-corrected chi connectivity index (χ4v) is 4.95. The molecule has 1 atom stereocenters. The highest BCUT2D eigenvalue weighted by Crippen LogP contribution is 2.45. The number of rotatable bonds is 3. The van der Waals surface area contributed by atoms with Crippen LogP contribution >= 0.6 is 0 Å². The standard InChI is InChI=1S/C23H28FN3O/c1-2-26-16-20(18-6-4-3-5-7-18)13-23(17-26)8-10-27(11-9-23)22(28)19-12-21(24)15-25-14-19/h3-7,12,14-15,20H,2,8-11,13,16-17H2,1H3/t20-/m1/s1. The molecule has 0 bridgehead atoms. The van der Waals surface area contributed by atoms with Gasteiger partial charge in [-0.3, -0.25) is 9.78 Å². The number of likely N-dealkylation sites (N-methyl/N-ethyl adjacent to an activating group) is 1. The van der Waals surface area contributed by atoms with Gasteiger partial charge in [-0.05, 0) is 48.8 Å². The molecule has 0 N–H and O–H groups in total. The highest BCUT2D eigenvalue weighted by molar-refractivity contribution is 5.94. The molecule has 148 valence electrons. The van der Waals surface area contributed by atoms with Gasteiger partial charge < -0.3 is 9.80 Å². The van der Waals surface area contributed by atoms with Crippen LogP contribution in [0.4, 0.5) is 4.39 Å². The molecule has 4 rings (SSSR count). The van der Waals surface area contributed by atoms with Crippen molar-refractivity contribution in [2.45, 2.75) is 32.1 Å². The number of carbonyl (C=O) groups excluding carboxylic acids is 1. The first-order valence-corrected chi connectivity index (χ1v) is 10.3. The second kappa shape index (κ2) is 8.00. The largest absolute Gasteiger partial charge is 0.339 e. The second-order valence-corrected chi connectivity index (χ2v) is 8.32. The number of hydrogen-bond acceptors (Lipinski definition) is 3. The lowest BCUT2D eigenvalue weighted by Crippen LogP contribution is -2.52. The fourth-order valence-electron chi connectivity index (χ4n) is 4.95. The number of aromatic nitrogens is 1. The van der Waals surface area contributed by atoms with Crippen LogP contribution < -0.4 is 0 Å². The van der Waals surface area contributed by atoms with Crippen molar-refractivity contribution in [3.8, 4) is 0 Å². The Balaban J connectivity index is 1.46. The first-order chi connectivity index (χ1) is 13.6. The molecule has 3 heterocycles. The molecule has 0 saturated carbocycles. The average Bonchev–Trinajstić information content (AvgIpc) is 2.74. The molecule has 2 aliphatic heterocycles. The highest BCUT2D eigenvalue weighted by atomic mass is 19.1. The lowest BCUT2D eigenvalue weighted by molar-refractivity contribution is 0.0158. The molecule has 1 aromatic heterocycles. The van der Waals surface area contributed by atoms with E-state index in [1.807, 2.05) is 4.90 Å². The smallest absolute Gasteiger partial charge is 0.255 e. The average molecular weight is 381 g/mol. The van der Waals surface area contributed by atoms with E-state index in [9.17, 15) is 9.18 Å². The Morgan fingerprint density at radius 1 is 1.21 bits per heavy atom. The third kappa shape index (κ3) is 3.95. The zero-order chi connectivity index (χ0) is 19.6. The molecule has 1 aromatic carbocycles. The van der Waals surface area contributed by atoms with Crippen LogP contribution in [-0.2, 0) is 0 Å². The van der Waals surface area contributed by atoms with E-state index in [0.717, 1.165) is 51.8 Å². The van der Waals surface area contributed by atoms with E-state index in [0.29, 0.717) is 11.5 Å². The molecule has 2 aromatic rings. The fraction of sp³-hybridized carbons (Fsp3) is 0.478. The third-order valence-corrected chi connectivity index (χ3v) is 6.50. The molecule has 1 amide bonds. The van der Waals surface area contributed by atoms with Gasteiger partial charge in [-0.2, -0.15) is 0 Å². The van der Waals surface area contributed by atoms with E-state index in [1.165, 1.54) is 24.2 Å². The van der Waals surface area contributed by atoms with E-state index in [2.05, 4.69) is 47.1 Å². The molecule has 2 fully saturated rings. The van der Waals surface area contributed by atoms with Crippen LogP contribution in [0.15, 0.2) is 48.8 Å². The summed E-state index contributed by atoms with van der Waals surface area (Å²) in [5, 5.41) is 0. The van der Waals surface area contributed by atoms with Crippen LogP contribution in [0, 0.1) is 11.2 Å². The normalized spacial score (nSPS) is 22.4. The van der Waals surface area contributed by atoms with Crippen molar-refractivity contribution in [2.24, 2.45) is 5.41 Å². The van der Waals surface area contributed by atoms with Crippen LogP contribution in [0.5, 0.6) is 0 Å². The number of pyridine rings is 1. The molecule has 28 heavy (non-hydrogen) atoms. The molecule has 5 heteroatoms. The molecule has 0 radical (unpaired) electrons. The van der Waals surface area contributed by atoms with Gasteiger partial charge in [-0.1, -0.05) is 37.3 Å². The Hall–Kier alpha value is -2.27. The maximum atomic E-state index is 13.4. The Labute approximate surface area is 166 Å². The van der Waals surface area contributed by atoms with Crippen LogP contribution in [0.25, 0.3) is 0 Å². The van der Waals surface area contributed by atoms with Gasteiger partial charge in [0.25, 0.3) is 5.91 Å². The van der Waals surface area contributed by atoms with Crippen molar-refractivity contribution in [2.75, 3.05) is 32.7 Å². The van der Waals surface area contributed by atoms with Gasteiger partial charge in [0.05, 0.1) is 11.8 Å². The van der Waals surface area contributed by atoms with Crippen molar-refractivity contribution in [1.29, 1.82) is 0 Å². The summed E-state index contributed by atoms with van der Waals surface area (Å²) in [7, 11) is 0. The number of amides is 1. The zero-order valence-electron chi connectivity index (χ0n) is 16.5. The minimum absolute atomic E-state index is 0.107. The Bertz CT molecular complexity index is 818. The number of hydrogen-bond donors (Lipinski definition) is 0. The molecule has 4 nitrogen and oxygen atoms in total. The van der Waals surface area contributed by atoms with Crippen LogP contribution in [0.2, 0.25) is 0 Å². The van der Waals surface area contributed by atoms with Gasteiger partial charge in [0, 0.05) is 32.4 Å². The quantitative estimate of drug-likeness (QED) is 0.808. The molecular formula is C23H28FN3O. The lowest BCUT2D eigenvalue weighted by atomic mass is 9.68. The lowest BCUT2D eigenvalue weighted by Gasteiger charge is -2.50. The van der Waals surface area contributed by atoms with Crippen molar-refractivity contribution in [1.82, 2.24) is 14.8 Å². The third-order valence-electron chi connectivity index (χ3n) is 6.50. The number of carbonyl (C=O) groups is 1. The monoisotopic (exact) mass is 381 g/mol. The van der Waals surface area contributed by atoms with Gasteiger partial charge in [0.15, 0.2) is 0 Å². The van der Waals surface area contributed by atoms with Crippen molar-refractivity contribution in [3.05, 3.63) is 65.7 Å². The van der Waals surface area contributed by atoms with Crippen molar-refractivity contribution < 1.29 is 9.18 Å². The summed E-state index contributed by atoms with van der Waals surface area (Å²) in [4.78, 5) is 21.0. The number of halogens is 1. The molecule has 2 aliphatic rings. The number of piperidine rings is 2. The molecule has 2 saturated heterocycles. The van der Waals surface area contributed by atoms with E-state index in [4.69, 9.17) is 0 Å². The maximum Gasteiger partial charge on any atom is 0.255 e. The van der Waals surface area contributed by atoms with Gasteiger partial charge in [0.2, 0.25) is 0 Å². The van der Waals surface area contributed by atoms with E-state index in [1.54, 1.807) is 0 Å².